The summed E-state index contributed by atoms with van der Waals surface area (Å²) < 4.78 is 31.3. The van der Waals surface area contributed by atoms with Crippen molar-refractivity contribution >= 4 is 27.3 Å². The normalized spacial score (nSPS) is 16.7. The lowest BCUT2D eigenvalue weighted by atomic mass is 10.0. The van der Waals surface area contributed by atoms with E-state index in [-0.39, 0.29) is 18.4 Å². The Labute approximate surface area is 176 Å². The number of carbonyl (C=O) groups excluding carboxylic acids is 1. The molecule has 158 valence electrons. The van der Waals surface area contributed by atoms with E-state index in [9.17, 15) is 13.2 Å². The van der Waals surface area contributed by atoms with Gasteiger partial charge in [-0.25, -0.2) is 8.42 Å². The summed E-state index contributed by atoms with van der Waals surface area (Å²) in [6.07, 6.45) is 4.11. The summed E-state index contributed by atoms with van der Waals surface area (Å²) in [4.78, 5) is 17.0. The van der Waals surface area contributed by atoms with Gasteiger partial charge in [0.2, 0.25) is 17.6 Å². The zero-order chi connectivity index (χ0) is 21.0. The zero-order valence-electron chi connectivity index (χ0n) is 16.6. The lowest BCUT2D eigenvalue weighted by molar-refractivity contribution is -0.121. The van der Waals surface area contributed by atoms with E-state index in [4.69, 9.17) is 16.1 Å². The van der Waals surface area contributed by atoms with Crippen molar-refractivity contribution in [1.29, 1.82) is 0 Å². The standard InChI is InChI=1S/C20H26ClN3O4S/c1-13(2)18(29(26,27)16-6-4-3-5-7-16)20(25)22-12-17-23-19(24-28-17)14-8-10-15(21)11-9-14/h8-11,13,16,18H,3-7,12H2,1-2H3,(H,22,25). The van der Waals surface area contributed by atoms with E-state index >= 15 is 0 Å². The number of carbonyl (C=O) groups is 1. The van der Waals surface area contributed by atoms with Crippen LogP contribution in [0.25, 0.3) is 11.4 Å². The SMILES string of the molecule is CC(C)C(C(=O)NCc1nc(-c2ccc(Cl)cc2)no1)S(=O)(=O)C1CCCCC1. The van der Waals surface area contributed by atoms with Crippen LogP contribution in [-0.4, -0.2) is 35.0 Å². The van der Waals surface area contributed by atoms with Gasteiger partial charge in [-0.15, -0.1) is 0 Å². The predicted octanol–water partition coefficient (Wildman–Crippen LogP) is 3.78. The second kappa shape index (κ2) is 9.26. The van der Waals surface area contributed by atoms with Gasteiger partial charge in [0.05, 0.1) is 11.8 Å². The van der Waals surface area contributed by atoms with Gasteiger partial charge < -0.3 is 9.84 Å². The average Bonchev–Trinajstić information content (AvgIpc) is 3.16. The molecule has 1 unspecified atom stereocenters. The van der Waals surface area contributed by atoms with Crippen LogP contribution in [0.4, 0.5) is 0 Å². The fraction of sp³-hybridized carbons (Fsp3) is 0.550. The van der Waals surface area contributed by atoms with Crippen LogP contribution >= 0.6 is 11.6 Å². The van der Waals surface area contributed by atoms with Gasteiger partial charge in [0.1, 0.15) is 5.25 Å². The van der Waals surface area contributed by atoms with E-state index in [1.165, 1.54) is 0 Å². The molecule has 1 N–H and O–H groups in total. The Bertz CT molecular complexity index is 935. The van der Waals surface area contributed by atoms with E-state index in [1.54, 1.807) is 38.1 Å². The van der Waals surface area contributed by atoms with Gasteiger partial charge in [-0.05, 0) is 43.0 Å². The number of hydrogen-bond acceptors (Lipinski definition) is 6. The largest absolute Gasteiger partial charge is 0.346 e. The number of aromatic nitrogens is 2. The monoisotopic (exact) mass is 439 g/mol. The van der Waals surface area contributed by atoms with Gasteiger partial charge >= 0.3 is 0 Å². The third-order valence-electron chi connectivity index (χ3n) is 5.22. The average molecular weight is 440 g/mol. The van der Waals surface area contributed by atoms with Crippen molar-refractivity contribution in [2.45, 2.75) is 63.0 Å². The minimum Gasteiger partial charge on any atom is -0.346 e. The molecular weight excluding hydrogens is 414 g/mol. The van der Waals surface area contributed by atoms with Crippen LogP contribution < -0.4 is 5.32 Å². The Balaban J connectivity index is 1.67. The number of benzene rings is 1. The minimum absolute atomic E-state index is 0.0250. The lowest BCUT2D eigenvalue weighted by Crippen LogP contribution is -2.47. The minimum atomic E-state index is -3.56. The fourth-order valence-corrected chi connectivity index (χ4v) is 6.41. The van der Waals surface area contributed by atoms with E-state index in [0.29, 0.717) is 23.7 Å². The Morgan fingerprint density at radius 3 is 2.48 bits per heavy atom. The molecule has 0 bridgehead atoms. The Kier molecular flexibility index (Phi) is 6.95. The number of nitrogens with one attached hydrogen (secondary N) is 1. The molecule has 1 aliphatic carbocycles. The van der Waals surface area contributed by atoms with E-state index in [0.717, 1.165) is 24.8 Å². The first-order chi connectivity index (χ1) is 13.8. The van der Waals surface area contributed by atoms with Crippen molar-refractivity contribution in [3.63, 3.8) is 0 Å². The highest BCUT2D eigenvalue weighted by molar-refractivity contribution is 7.93. The van der Waals surface area contributed by atoms with E-state index in [2.05, 4.69) is 15.5 Å². The number of amides is 1. The summed E-state index contributed by atoms with van der Waals surface area (Å²) in [5.74, 6) is -0.256. The summed E-state index contributed by atoms with van der Waals surface area (Å²) >= 11 is 5.88. The maximum Gasteiger partial charge on any atom is 0.246 e. The first-order valence-corrected chi connectivity index (χ1v) is 11.9. The molecule has 7 nitrogen and oxygen atoms in total. The van der Waals surface area contributed by atoms with Gasteiger partial charge in [0.15, 0.2) is 9.84 Å². The quantitative estimate of drug-likeness (QED) is 0.704. The summed E-state index contributed by atoms with van der Waals surface area (Å²) in [7, 11) is -3.56. The first kappa shape index (κ1) is 21.8. The summed E-state index contributed by atoms with van der Waals surface area (Å²) in [6.45, 7) is 3.49. The number of hydrogen-bond donors (Lipinski definition) is 1. The number of halogens is 1. The number of rotatable bonds is 7. The fourth-order valence-electron chi connectivity index (χ4n) is 3.74. The Morgan fingerprint density at radius 2 is 1.86 bits per heavy atom. The molecule has 0 aliphatic heterocycles. The van der Waals surface area contributed by atoms with Crippen LogP contribution in [0.3, 0.4) is 0 Å². The molecule has 1 saturated carbocycles. The smallest absolute Gasteiger partial charge is 0.246 e. The zero-order valence-corrected chi connectivity index (χ0v) is 18.2. The van der Waals surface area contributed by atoms with Crippen molar-refractivity contribution in [3.8, 4) is 11.4 Å². The molecule has 1 fully saturated rings. The summed E-state index contributed by atoms with van der Waals surface area (Å²) in [5, 5.41) is 5.65. The third kappa shape index (κ3) is 5.17. The lowest BCUT2D eigenvalue weighted by Gasteiger charge is -2.28. The van der Waals surface area contributed by atoms with Crippen molar-refractivity contribution < 1.29 is 17.7 Å². The third-order valence-corrected chi connectivity index (χ3v) is 8.34. The topological polar surface area (TPSA) is 102 Å². The molecule has 0 radical (unpaired) electrons. The molecule has 1 atom stereocenters. The van der Waals surface area contributed by atoms with Crippen LogP contribution in [0.15, 0.2) is 28.8 Å². The Morgan fingerprint density at radius 1 is 1.21 bits per heavy atom. The van der Waals surface area contributed by atoms with Crippen LogP contribution in [0.1, 0.15) is 51.8 Å². The van der Waals surface area contributed by atoms with Gasteiger partial charge in [-0.3, -0.25) is 4.79 Å². The highest BCUT2D eigenvalue weighted by atomic mass is 35.5. The molecule has 1 aromatic heterocycles. The molecule has 3 rings (SSSR count). The Hall–Kier alpha value is -1.93. The van der Waals surface area contributed by atoms with E-state index < -0.39 is 26.2 Å². The van der Waals surface area contributed by atoms with Gasteiger partial charge in [-0.1, -0.05) is 49.9 Å². The molecule has 9 heteroatoms. The predicted molar refractivity (Wildman–Crippen MR) is 111 cm³/mol. The molecule has 2 aromatic rings. The van der Waals surface area contributed by atoms with Gasteiger partial charge in [0.25, 0.3) is 0 Å². The summed E-state index contributed by atoms with van der Waals surface area (Å²) in [6, 6.07) is 6.97. The van der Waals surface area contributed by atoms with Crippen LogP contribution in [-0.2, 0) is 21.2 Å². The molecule has 1 heterocycles. The second-order valence-corrected chi connectivity index (χ2v) is 10.5. The van der Waals surface area contributed by atoms with Crippen LogP contribution in [0.5, 0.6) is 0 Å². The first-order valence-electron chi connectivity index (χ1n) is 9.88. The molecule has 1 aromatic carbocycles. The molecule has 0 saturated heterocycles. The van der Waals surface area contributed by atoms with Crippen molar-refractivity contribution in [1.82, 2.24) is 15.5 Å². The summed E-state index contributed by atoms with van der Waals surface area (Å²) in [5.41, 5.74) is 0.732. The van der Waals surface area contributed by atoms with Crippen LogP contribution in [0.2, 0.25) is 5.02 Å². The van der Waals surface area contributed by atoms with E-state index in [1.807, 2.05) is 0 Å². The maximum atomic E-state index is 13.1. The molecule has 1 aliphatic rings. The van der Waals surface area contributed by atoms with Gasteiger partial charge in [0, 0.05) is 10.6 Å². The highest BCUT2D eigenvalue weighted by Crippen LogP contribution is 2.29. The second-order valence-electron chi connectivity index (χ2n) is 7.75. The van der Waals surface area contributed by atoms with Crippen molar-refractivity contribution in [3.05, 3.63) is 35.2 Å². The molecule has 29 heavy (non-hydrogen) atoms. The number of nitrogens with zero attached hydrogens (tertiary/aromatic N) is 2. The van der Waals surface area contributed by atoms with Gasteiger partial charge in [-0.2, -0.15) is 4.98 Å². The molecule has 1 amide bonds. The van der Waals surface area contributed by atoms with Crippen molar-refractivity contribution in [2.75, 3.05) is 0 Å². The maximum absolute atomic E-state index is 13.1. The van der Waals surface area contributed by atoms with Crippen molar-refractivity contribution in [2.24, 2.45) is 5.92 Å². The number of sulfone groups is 1. The highest BCUT2D eigenvalue weighted by Gasteiger charge is 2.41. The molecule has 0 spiro atoms. The van der Waals surface area contributed by atoms with Crippen LogP contribution in [0, 0.1) is 5.92 Å². The molecular formula is C20H26ClN3O4S.